The van der Waals surface area contributed by atoms with Crippen molar-refractivity contribution in [1.29, 1.82) is 0 Å². The summed E-state index contributed by atoms with van der Waals surface area (Å²) in [5.41, 5.74) is 4.33. The van der Waals surface area contributed by atoms with Gasteiger partial charge in [-0.3, -0.25) is 0 Å². The first-order valence-electron chi connectivity index (χ1n) is 9.28. The zero-order valence-electron chi connectivity index (χ0n) is 15.9. The minimum atomic E-state index is 0.172. The van der Waals surface area contributed by atoms with E-state index in [9.17, 15) is 0 Å². The Kier molecular flexibility index (Phi) is 6.55. The Morgan fingerprint density at radius 1 is 1.04 bits per heavy atom. The smallest absolute Gasteiger partial charge is 0.119 e. The summed E-state index contributed by atoms with van der Waals surface area (Å²) >= 11 is 8.38. The lowest BCUT2D eigenvalue weighted by molar-refractivity contribution is 0.198. The van der Waals surface area contributed by atoms with Crippen molar-refractivity contribution in [1.82, 2.24) is 5.32 Å². The molecule has 2 nitrogen and oxygen atoms in total. The SMILES string of the molecule is CC(C)(C)COc1ccc(CSc2c(Cl)ccc3c2CCNCC3)cc1. The van der Waals surface area contributed by atoms with Crippen LogP contribution in [-0.4, -0.2) is 19.7 Å². The number of benzene rings is 2. The van der Waals surface area contributed by atoms with Gasteiger partial charge in [-0.2, -0.15) is 0 Å². The molecule has 0 aliphatic carbocycles. The van der Waals surface area contributed by atoms with Gasteiger partial charge >= 0.3 is 0 Å². The maximum atomic E-state index is 6.53. The quantitative estimate of drug-likeness (QED) is 0.658. The molecule has 1 aliphatic rings. The Balaban J connectivity index is 1.66. The summed E-state index contributed by atoms with van der Waals surface area (Å²) in [5, 5.41) is 4.35. The molecule has 3 rings (SSSR count). The Bertz CT molecular complexity index is 737. The van der Waals surface area contributed by atoms with E-state index >= 15 is 0 Å². The highest BCUT2D eigenvalue weighted by Gasteiger charge is 2.15. The summed E-state index contributed by atoms with van der Waals surface area (Å²) in [6.45, 7) is 9.34. The molecular formula is C22H28ClNOS. The molecule has 2 aromatic rings. The van der Waals surface area contributed by atoms with Crippen LogP contribution in [0.4, 0.5) is 0 Å². The Morgan fingerprint density at radius 2 is 1.77 bits per heavy atom. The predicted octanol–water partition coefficient (Wildman–Crippen LogP) is 5.75. The number of thioether (sulfide) groups is 1. The van der Waals surface area contributed by atoms with E-state index < -0.39 is 0 Å². The Hall–Kier alpha value is -1.16. The highest BCUT2D eigenvalue weighted by atomic mass is 35.5. The summed E-state index contributed by atoms with van der Waals surface area (Å²) in [7, 11) is 0. The molecule has 0 amide bonds. The Labute approximate surface area is 166 Å². The van der Waals surface area contributed by atoms with Crippen LogP contribution in [0.1, 0.15) is 37.5 Å². The van der Waals surface area contributed by atoms with E-state index in [1.54, 1.807) is 0 Å². The van der Waals surface area contributed by atoms with Gasteiger partial charge in [-0.15, -0.1) is 11.8 Å². The van der Waals surface area contributed by atoms with Gasteiger partial charge in [0.15, 0.2) is 0 Å². The van der Waals surface area contributed by atoms with E-state index in [4.69, 9.17) is 16.3 Å². The van der Waals surface area contributed by atoms with E-state index in [1.165, 1.54) is 21.6 Å². The van der Waals surface area contributed by atoms with Gasteiger partial charge in [-0.1, -0.05) is 50.6 Å². The van der Waals surface area contributed by atoms with Gasteiger partial charge in [0.1, 0.15) is 5.75 Å². The minimum absolute atomic E-state index is 0.172. The van der Waals surface area contributed by atoms with Crippen LogP contribution >= 0.6 is 23.4 Å². The lowest BCUT2D eigenvalue weighted by Crippen LogP contribution is -2.16. The van der Waals surface area contributed by atoms with Crippen molar-refractivity contribution < 1.29 is 4.74 Å². The zero-order valence-corrected chi connectivity index (χ0v) is 17.5. The third kappa shape index (κ3) is 5.42. The molecule has 140 valence electrons. The van der Waals surface area contributed by atoms with Gasteiger partial charge in [0.25, 0.3) is 0 Å². The van der Waals surface area contributed by atoms with E-state index in [2.05, 4.69) is 62.5 Å². The van der Waals surface area contributed by atoms with Gasteiger partial charge in [0.2, 0.25) is 0 Å². The van der Waals surface area contributed by atoms with E-state index in [1.807, 2.05) is 11.8 Å². The fourth-order valence-corrected chi connectivity index (χ4v) is 4.46. The molecule has 1 aliphatic heterocycles. The first-order valence-corrected chi connectivity index (χ1v) is 10.6. The second kappa shape index (κ2) is 8.69. The molecule has 1 heterocycles. The largest absolute Gasteiger partial charge is 0.493 e. The van der Waals surface area contributed by atoms with Crippen LogP contribution in [0, 0.1) is 5.41 Å². The molecule has 0 atom stereocenters. The molecular weight excluding hydrogens is 362 g/mol. The average molecular weight is 390 g/mol. The van der Waals surface area contributed by atoms with Crippen molar-refractivity contribution >= 4 is 23.4 Å². The summed E-state index contributed by atoms with van der Waals surface area (Å²) < 4.78 is 5.86. The van der Waals surface area contributed by atoms with Crippen LogP contribution in [0.25, 0.3) is 0 Å². The third-order valence-electron chi connectivity index (χ3n) is 4.41. The molecule has 0 fully saturated rings. The standard InChI is InChI=1S/C22H28ClNOS/c1-22(2,3)15-25-18-7-4-16(5-8-18)14-26-21-19-11-13-24-12-10-17(19)6-9-20(21)23/h4-9,24H,10-15H2,1-3H3. The molecule has 0 bridgehead atoms. The average Bonchev–Trinajstić information content (AvgIpc) is 2.85. The van der Waals surface area contributed by atoms with Crippen LogP contribution in [-0.2, 0) is 18.6 Å². The fraction of sp³-hybridized carbons (Fsp3) is 0.455. The number of hydrogen-bond acceptors (Lipinski definition) is 3. The second-order valence-electron chi connectivity index (χ2n) is 8.05. The maximum Gasteiger partial charge on any atom is 0.119 e. The monoisotopic (exact) mass is 389 g/mol. The van der Waals surface area contributed by atoms with Crippen LogP contribution in [0.3, 0.4) is 0 Å². The first kappa shape index (κ1) is 19.6. The van der Waals surface area contributed by atoms with Crippen molar-refractivity contribution in [3.8, 4) is 5.75 Å². The summed E-state index contributed by atoms with van der Waals surface area (Å²) in [6, 6.07) is 12.7. The topological polar surface area (TPSA) is 21.3 Å². The number of rotatable bonds is 5. The van der Waals surface area contributed by atoms with Gasteiger partial charge in [-0.05, 0) is 66.2 Å². The molecule has 26 heavy (non-hydrogen) atoms. The van der Waals surface area contributed by atoms with Gasteiger partial charge < -0.3 is 10.1 Å². The molecule has 0 saturated heterocycles. The molecule has 0 saturated carbocycles. The maximum absolute atomic E-state index is 6.53. The van der Waals surface area contributed by atoms with Crippen LogP contribution in [0.5, 0.6) is 5.75 Å². The van der Waals surface area contributed by atoms with Crippen molar-refractivity contribution in [2.75, 3.05) is 19.7 Å². The molecule has 0 spiro atoms. The van der Waals surface area contributed by atoms with Crippen molar-refractivity contribution in [3.05, 3.63) is 58.1 Å². The molecule has 0 aromatic heterocycles. The van der Waals surface area contributed by atoms with Gasteiger partial charge in [-0.25, -0.2) is 0 Å². The normalized spacial score (nSPS) is 14.6. The van der Waals surface area contributed by atoms with Gasteiger partial charge in [0.05, 0.1) is 11.6 Å². The van der Waals surface area contributed by atoms with Crippen molar-refractivity contribution in [2.24, 2.45) is 5.41 Å². The number of halogens is 1. The number of fused-ring (bicyclic) bond motifs is 1. The lowest BCUT2D eigenvalue weighted by atomic mass is 9.99. The first-order chi connectivity index (χ1) is 12.4. The zero-order chi connectivity index (χ0) is 18.6. The van der Waals surface area contributed by atoms with E-state index in [-0.39, 0.29) is 5.41 Å². The number of hydrogen-bond donors (Lipinski definition) is 1. The molecule has 4 heteroatoms. The fourth-order valence-electron chi connectivity index (χ4n) is 3.00. The van der Waals surface area contributed by atoms with Crippen LogP contribution in [0.2, 0.25) is 5.02 Å². The molecule has 1 N–H and O–H groups in total. The second-order valence-corrected chi connectivity index (χ2v) is 9.44. The summed E-state index contributed by atoms with van der Waals surface area (Å²) in [6.07, 6.45) is 2.14. The van der Waals surface area contributed by atoms with Crippen molar-refractivity contribution in [3.63, 3.8) is 0 Å². The van der Waals surface area contributed by atoms with Crippen LogP contribution in [0.15, 0.2) is 41.3 Å². The molecule has 2 aromatic carbocycles. The van der Waals surface area contributed by atoms with E-state index in [0.29, 0.717) is 0 Å². The van der Waals surface area contributed by atoms with Crippen molar-refractivity contribution in [2.45, 2.75) is 44.3 Å². The summed E-state index contributed by atoms with van der Waals surface area (Å²) in [4.78, 5) is 1.25. The summed E-state index contributed by atoms with van der Waals surface area (Å²) in [5.74, 6) is 1.86. The highest BCUT2D eigenvalue weighted by molar-refractivity contribution is 7.98. The lowest BCUT2D eigenvalue weighted by Gasteiger charge is -2.19. The highest BCUT2D eigenvalue weighted by Crippen LogP contribution is 2.36. The predicted molar refractivity (Wildman–Crippen MR) is 113 cm³/mol. The van der Waals surface area contributed by atoms with Crippen LogP contribution < -0.4 is 10.1 Å². The number of nitrogens with one attached hydrogen (secondary N) is 1. The molecule has 0 unspecified atom stereocenters. The minimum Gasteiger partial charge on any atom is -0.493 e. The van der Waals surface area contributed by atoms with Gasteiger partial charge in [0, 0.05) is 10.6 Å². The third-order valence-corrected chi connectivity index (χ3v) is 6.07. The Morgan fingerprint density at radius 3 is 2.50 bits per heavy atom. The van der Waals surface area contributed by atoms with E-state index in [0.717, 1.165) is 49.1 Å². The molecule has 0 radical (unpaired) electrons. The number of ether oxygens (including phenoxy) is 1.